The predicted molar refractivity (Wildman–Crippen MR) is 160 cm³/mol. The molecule has 0 bridgehead atoms. The third-order valence-electron chi connectivity index (χ3n) is 7.40. The quantitative estimate of drug-likeness (QED) is 0.216. The van der Waals surface area contributed by atoms with Crippen molar-refractivity contribution in [3.05, 3.63) is 65.4 Å². The monoisotopic (exact) mass is 601 g/mol. The molecule has 4 N–H and O–H groups in total. The van der Waals surface area contributed by atoms with Crippen molar-refractivity contribution in [2.24, 2.45) is 11.8 Å². The summed E-state index contributed by atoms with van der Waals surface area (Å²) in [7, 11) is 1.53. The van der Waals surface area contributed by atoms with E-state index in [0.29, 0.717) is 35.2 Å². The third kappa shape index (κ3) is 7.80. The largest absolute Gasteiger partial charge is 0.496 e. The lowest BCUT2D eigenvalue weighted by atomic mass is 9.95. The smallest absolute Gasteiger partial charge is 0.338 e. The summed E-state index contributed by atoms with van der Waals surface area (Å²) in [6.45, 7) is 3.60. The number of aromatic nitrogens is 1. The SMILES string of the molecule is COc1cccc2[nH]c(C(=O)NC(CC(C)C)C(=O)NC(CC3CCNC3=O)C(=O)COC(=O)c3ccc(C#N)cc3)cc12. The number of benzene rings is 2. The number of nitrogens with one attached hydrogen (secondary N) is 4. The van der Waals surface area contributed by atoms with E-state index in [0.717, 1.165) is 0 Å². The van der Waals surface area contributed by atoms with Gasteiger partial charge in [0.2, 0.25) is 11.8 Å². The molecular formula is C32H35N5O7. The average Bonchev–Trinajstić information content (AvgIpc) is 3.64. The van der Waals surface area contributed by atoms with Gasteiger partial charge in [0.25, 0.3) is 5.91 Å². The molecule has 2 heterocycles. The van der Waals surface area contributed by atoms with Gasteiger partial charge in [-0.15, -0.1) is 0 Å². The lowest BCUT2D eigenvalue weighted by Crippen LogP contribution is -2.53. The molecule has 3 unspecified atom stereocenters. The Labute approximate surface area is 254 Å². The number of ketones is 1. The number of nitriles is 1. The van der Waals surface area contributed by atoms with Gasteiger partial charge in [0, 0.05) is 23.4 Å². The normalized spacial score (nSPS) is 15.6. The van der Waals surface area contributed by atoms with Gasteiger partial charge >= 0.3 is 5.97 Å². The zero-order chi connectivity index (χ0) is 31.8. The first-order valence-electron chi connectivity index (χ1n) is 14.3. The third-order valence-corrected chi connectivity index (χ3v) is 7.40. The van der Waals surface area contributed by atoms with Crippen molar-refractivity contribution in [2.45, 2.75) is 45.2 Å². The Morgan fingerprint density at radius 3 is 2.45 bits per heavy atom. The average molecular weight is 602 g/mol. The first kappa shape index (κ1) is 31.7. The van der Waals surface area contributed by atoms with Gasteiger partial charge in [0.1, 0.15) is 17.5 Å². The molecule has 44 heavy (non-hydrogen) atoms. The Balaban J connectivity index is 1.48. The van der Waals surface area contributed by atoms with Crippen molar-refractivity contribution < 1.29 is 33.4 Å². The molecule has 0 radical (unpaired) electrons. The van der Waals surface area contributed by atoms with Crippen molar-refractivity contribution in [1.29, 1.82) is 5.26 Å². The maximum absolute atomic E-state index is 13.6. The summed E-state index contributed by atoms with van der Waals surface area (Å²) in [5.74, 6) is -2.63. The van der Waals surface area contributed by atoms with E-state index in [1.807, 2.05) is 19.9 Å². The van der Waals surface area contributed by atoms with Crippen LogP contribution in [0.15, 0.2) is 48.5 Å². The molecule has 3 atom stereocenters. The number of nitrogens with zero attached hydrogens (tertiary/aromatic N) is 1. The summed E-state index contributed by atoms with van der Waals surface area (Å²) in [6, 6.07) is 12.6. The van der Waals surface area contributed by atoms with Gasteiger partial charge in [0.15, 0.2) is 12.4 Å². The fourth-order valence-corrected chi connectivity index (χ4v) is 5.07. The zero-order valence-corrected chi connectivity index (χ0v) is 24.8. The van der Waals surface area contributed by atoms with Crippen LogP contribution in [-0.2, 0) is 19.1 Å². The predicted octanol–water partition coefficient (Wildman–Crippen LogP) is 2.63. The molecule has 1 aliphatic heterocycles. The molecule has 1 saturated heterocycles. The molecular weight excluding hydrogens is 566 g/mol. The van der Waals surface area contributed by atoms with E-state index >= 15 is 0 Å². The second kappa shape index (κ2) is 14.3. The van der Waals surface area contributed by atoms with Gasteiger partial charge in [-0.25, -0.2) is 4.79 Å². The second-order valence-electron chi connectivity index (χ2n) is 11.1. The number of esters is 1. The van der Waals surface area contributed by atoms with Crippen LogP contribution in [0, 0.1) is 23.2 Å². The van der Waals surface area contributed by atoms with Gasteiger partial charge in [-0.1, -0.05) is 19.9 Å². The van der Waals surface area contributed by atoms with E-state index < -0.39 is 48.2 Å². The van der Waals surface area contributed by atoms with E-state index in [1.54, 1.807) is 24.3 Å². The van der Waals surface area contributed by atoms with Crippen molar-refractivity contribution in [3.8, 4) is 11.8 Å². The van der Waals surface area contributed by atoms with Crippen molar-refractivity contribution in [2.75, 3.05) is 20.3 Å². The van der Waals surface area contributed by atoms with Crippen LogP contribution in [-0.4, -0.2) is 66.8 Å². The highest BCUT2D eigenvalue weighted by Gasteiger charge is 2.34. The summed E-state index contributed by atoms with van der Waals surface area (Å²) in [5, 5.41) is 17.9. The molecule has 0 aliphatic carbocycles. The molecule has 3 amide bonds. The summed E-state index contributed by atoms with van der Waals surface area (Å²) in [6.07, 6.45) is 0.772. The molecule has 230 valence electrons. The van der Waals surface area contributed by atoms with Crippen molar-refractivity contribution >= 4 is 40.4 Å². The first-order chi connectivity index (χ1) is 21.1. The van der Waals surface area contributed by atoms with Crippen molar-refractivity contribution in [3.63, 3.8) is 0 Å². The van der Waals surface area contributed by atoms with Crippen LogP contribution >= 0.6 is 0 Å². The number of Topliss-reactive ketones (excluding diaryl/α,β-unsaturated/α-hetero) is 1. The van der Waals surface area contributed by atoms with Gasteiger partial charge in [-0.2, -0.15) is 5.26 Å². The minimum absolute atomic E-state index is 0.00891. The summed E-state index contributed by atoms with van der Waals surface area (Å²) in [4.78, 5) is 68.0. The number of ether oxygens (including phenoxy) is 2. The van der Waals surface area contributed by atoms with E-state index in [2.05, 4.69) is 20.9 Å². The maximum Gasteiger partial charge on any atom is 0.338 e. The molecule has 1 fully saturated rings. The number of H-pyrrole nitrogens is 1. The number of carbonyl (C=O) groups excluding carboxylic acids is 5. The highest BCUT2D eigenvalue weighted by atomic mass is 16.5. The molecule has 1 aromatic heterocycles. The molecule has 0 spiro atoms. The van der Waals surface area contributed by atoms with Gasteiger partial charge in [-0.05, 0) is 67.6 Å². The molecule has 4 rings (SSSR count). The molecule has 2 aromatic carbocycles. The Bertz CT molecular complexity index is 1590. The standard InChI is InChI=1S/C32H35N5O7/c1-18(2)13-25(37-31(41)26-15-22-23(35-26)5-4-6-28(22)43-3)30(40)36-24(14-21-11-12-34-29(21)39)27(38)17-44-32(42)20-9-7-19(16-33)8-10-20/h4-10,15,18,21,24-25,35H,11-14,17H2,1-3H3,(H,34,39)(H,36,40)(H,37,41). The van der Waals surface area contributed by atoms with Crippen LogP contribution in [0.1, 0.15) is 59.5 Å². The fourth-order valence-electron chi connectivity index (χ4n) is 5.07. The number of rotatable bonds is 13. The minimum atomic E-state index is -1.14. The van der Waals surface area contributed by atoms with E-state index in [9.17, 15) is 24.0 Å². The number of fused-ring (bicyclic) bond motifs is 1. The second-order valence-corrected chi connectivity index (χ2v) is 11.1. The lowest BCUT2D eigenvalue weighted by molar-refractivity contribution is -0.131. The van der Waals surface area contributed by atoms with Crippen LogP contribution < -0.4 is 20.7 Å². The van der Waals surface area contributed by atoms with Gasteiger partial charge < -0.3 is 30.4 Å². The van der Waals surface area contributed by atoms with E-state index in [4.69, 9.17) is 14.7 Å². The van der Waals surface area contributed by atoms with Gasteiger partial charge in [0.05, 0.1) is 30.3 Å². The summed E-state index contributed by atoms with van der Waals surface area (Å²) in [5.41, 5.74) is 1.44. The molecule has 3 aromatic rings. The van der Waals surface area contributed by atoms with Crippen molar-refractivity contribution in [1.82, 2.24) is 20.9 Å². The molecule has 0 saturated carbocycles. The molecule has 12 nitrogen and oxygen atoms in total. The minimum Gasteiger partial charge on any atom is -0.496 e. The van der Waals surface area contributed by atoms with Crippen LogP contribution in [0.4, 0.5) is 0 Å². The fraction of sp³-hybridized carbons (Fsp3) is 0.375. The zero-order valence-electron chi connectivity index (χ0n) is 24.8. The number of methoxy groups -OCH3 is 1. The Morgan fingerprint density at radius 1 is 1.07 bits per heavy atom. The Hall–Kier alpha value is -5.18. The highest BCUT2D eigenvalue weighted by Crippen LogP contribution is 2.26. The van der Waals surface area contributed by atoms with Crippen LogP contribution in [0.2, 0.25) is 0 Å². The number of carbonyl (C=O) groups is 5. The lowest BCUT2D eigenvalue weighted by Gasteiger charge is -2.25. The Morgan fingerprint density at radius 2 is 1.82 bits per heavy atom. The number of hydrogen-bond donors (Lipinski definition) is 4. The summed E-state index contributed by atoms with van der Waals surface area (Å²) < 4.78 is 10.6. The van der Waals surface area contributed by atoms with E-state index in [1.165, 1.54) is 31.4 Å². The van der Waals surface area contributed by atoms with Crippen LogP contribution in [0.25, 0.3) is 10.9 Å². The highest BCUT2D eigenvalue weighted by molar-refractivity contribution is 6.02. The number of aromatic amines is 1. The van der Waals surface area contributed by atoms with Crippen LogP contribution in [0.3, 0.4) is 0 Å². The maximum atomic E-state index is 13.6. The van der Waals surface area contributed by atoms with E-state index in [-0.39, 0.29) is 35.9 Å². The molecule has 1 aliphatic rings. The summed E-state index contributed by atoms with van der Waals surface area (Å²) >= 11 is 0. The topological polar surface area (TPSA) is 179 Å². The first-order valence-corrected chi connectivity index (χ1v) is 14.3. The molecule has 12 heteroatoms. The van der Waals surface area contributed by atoms with Crippen LogP contribution in [0.5, 0.6) is 5.75 Å². The van der Waals surface area contributed by atoms with Gasteiger partial charge in [-0.3, -0.25) is 19.2 Å². The number of amides is 3. The number of hydrogen-bond acceptors (Lipinski definition) is 8. The Kier molecular flexibility index (Phi) is 10.3.